The number of hydrogen-bond acceptors (Lipinski definition) is 4. The first kappa shape index (κ1) is 12.2. The molecule has 0 atom stereocenters. The van der Waals surface area contributed by atoms with Crippen molar-refractivity contribution in [1.29, 1.82) is 0 Å². The third kappa shape index (κ3) is 3.33. The minimum absolute atomic E-state index is 0.457. The van der Waals surface area contributed by atoms with Crippen LogP contribution in [0.25, 0.3) is 0 Å². The number of hydrogen-bond donors (Lipinski definition) is 1. The smallest absolute Gasteiger partial charge is 0.253 e. The van der Waals surface area contributed by atoms with Crippen molar-refractivity contribution >= 4 is 23.7 Å². The predicted molar refractivity (Wildman–Crippen MR) is 71.7 cm³/mol. The molecule has 1 aliphatic heterocycles. The van der Waals surface area contributed by atoms with Gasteiger partial charge in [0.2, 0.25) is 0 Å². The van der Waals surface area contributed by atoms with Gasteiger partial charge in [-0.25, -0.2) is 9.97 Å². The summed E-state index contributed by atoms with van der Waals surface area (Å²) in [5.74, 6) is 3.18. The zero-order valence-corrected chi connectivity index (χ0v) is 11.0. The Bertz CT molecular complexity index is 406. The Morgan fingerprint density at radius 3 is 2.47 bits per heavy atom. The van der Waals surface area contributed by atoms with E-state index in [1.807, 2.05) is 31.7 Å². The van der Waals surface area contributed by atoms with Gasteiger partial charge in [-0.1, -0.05) is 0 Å². The molecule has 1 fully saturated rings. The molecule has 0 bridgehead atoms. The summed E-state index contributed by atoms with van der Waals surface area (Å²) >= 11 is 1.94. The summed E-state index contributed by atoms with van der Waals surface area (Å²) in [5, 5.41) is 0. The van der Waals surface area contributed by atoms with Gasteiger partial charge in [0.25, 0.3) is 5.95 Å². The van der Waals surface area contributed by atoms with E-state index in [1.165, 1.54) is 0 Å². The molecular formula is C11H17N5S. The Hall–Kier alpha value is -1.30. The van der Waals surface area contributed by atoms with Crippen LogP contribution in [0.15, 0.2) is 11.1 Å². The first-order valence-electron chi connectivity index (χ1n) is 5.64. The number of rotatable bonds is 1. The summed E-state index contributed by atoms with van der Waals surface area (Å²) in [5.41, 5.74) is 7.80. The van der Waals surface area contributed by atoms with Crippen molar-refractivity contribution in [3.8, 4) is 0 Å². The average molecular weight is 251 g/mol. The van der Waals surface area contributed by atoms with Gasteiger partial charge >= 0.3 is 0 Å². The molecule has 1 aromatic heterocycles. The Morgan fingerprint density at radius 1 is 1.29 bits per heavy atom. The molecule has 1 aromatic rings. The van der Waals surface area contributed by atoms with E-state index in [0.29, 0.717) is 11.9 Å². The van der Waals surface area contributed by atoms with Gasteiger partial charge in [0.05, 0.1) is 0 Å². The third-order valence-corrected chi connectivity index (χ3v) is 3.46. The van der Waals surface area contributed by atoms with E-state index in [9.17, 15) is 0 Å². The monoisotopic (exact) mass is 251 g/mol. The van der Waals surface area contributed by atoms with Gasteiger partial charge in [0, 0.05) is 36.0 Å². The maximum Gasteiger partial charge on any atom is 0.253 e. The van der Waals surface area contributed by atoms with Gasteiger partial charge in [-0.05, 0) is 19.9 Å². The standard InChI is InChI=1S/C11H17N5S/c1-8-7-9(2)14-11(13-8)15-10(12)16-3-5-17-6-4-16/h7H,3-6H2,1-2H3,(H2,12,13,14,15). The van der Waals surface area contributed by atoms with Gasteiger partial charge in [-0.3, -0.25) is 0 Å². The molecule has 5 nitrogen and oxygen atoms in total. The molecule has 17 heavy (non-hydrogen) atoms. The van der Waals surface area contributed by atoms with Crippen molar-refractivity contribution in [3.63, 3.8) is 0 Å². The van der Waals surface area contributed by atoms with Crippen molar-refractivity contribution in [1.82, 2.24) is 14.9 Å². The molecule has 0 aliphatic carbocycles. The van der Waals surface area contributed by atoms with Gasteiger partial charge in [0.1, 0.15) is 0 Å². The zero-order chi connectivity index (χ0) is 12.3. The molecule has 0 radical (unpaired) electrons. The Morgan fingerprint density at radius 2 is 1.88 bits per heavy atom. The summed E-state index contributed by atoms with van der Waals surface area (Å²) in [6.45, 7) is 5.76. The lowest BCUT2D eigenvalue weighted by Gasteiger charge is -2.26. The highest BCUT2D eigenvalue weighted by molar-refractivity contribution is 7.99. The molecule has 1 aliphatic rings. The van der Waals surface area contributed by atoms with E-state index >= 15 is 0 Å². The SMILES string of the molecule is Cc1cc(C)nc(/N=C(/N)N2CCSCC2)n1. The lowest BCUT2D eigenvalue weighted by molar-refractivity contribution is 0.458. The fraction of sp³-hybridized carbons (Fsp3) is 0.545. The van der Waals surface area contributed by atoms with Crippen LogP contribution in [0.4, 0.5) is 5.95 Å². The molecule has 2 N–H and O–H groups in total. The highest BCUT2D eigenvalue weighted by Crippen LogP contribution is 2.11. The quantitative estimate of drug-likeness (QED) is 0.598. The van der Waals surface area contributed by atoms with E-state index in [0.717, 1.165) is 36.0 Å². The minimum atomic E-state index is 0.457. The van der Waals surface area contributed by atoms with Gasteiger partial charge < -0.3 is 10.6 Å². The zero-order valence-electron chi connectivity index (χ0n) is 10.2. The predicted octanol–water partition coefficient (Wildman–Crippen LogP) is 1.09. The Labute approximate surface area is 106 Å². The van der Waals surface area contributed by atoms with Crippen LogP contribution in [0.1, 0.15) is 11.4 Å². The van der Waals surface area contributed by atoms with Crippen LogP contribution in [-0.2, 0) is 0 Å². The van der Waals surface area contributed by atoms with Crippen LogP contribution in [-0.4, -0.2) is 45.4 Å². The van der Waals surface area contributed by atoms with Crippen LogP contribution in [0, 0.1) is 13.8 Å². The van der Waals surface area contributed by atoms with E-state index in [2.05, 4.69) is 19.9 Å². The molecular weight excluding hydrogens is 234 g/mol. The number of thioether (sulfide) groups is 1. The maximum absolute atomic E-state index is 5.97. The second kappa shape index (κ2) is 5.35. The molecule has 0 spiro atoms. The number of aromatic nitrogens is 2. The fourth-order valence-electron chi connectivity index (χ4n) is 1.72. The molecule has 0 unspecified atom stereocenters. The van der Waals surface area contributed by atoms with Crippen molar-refractivity contribution in [2.24, 2.45) is 10.7 Å². The van der Waals surface area contributed by atoms with Crippen molar-refractivity contribution < 1.29 is 0 Å². The van der Waals surface area contributed by atoms with E-state index < -0.39 is 0 Å². The van der Waals surface area contributed by atoms with E-state index in [1.54, 1.807) is 0 Å². The highest BCUT2D eigenvalue weighted by atomic mass is 32.2. The molecule has 1 saturated heterocycles. The van der Waals surface area contributed by atoms with E-state index in [4.69, 9.17) is 5.73 Å². The lowest BCUT2D eigenvalue weighted by atomic mass is 10.4. The molecule has 0 amide bonds. The van der Waals surface area contributed by atoms with Crippen LogP contribution in [0.3, 0.4) is 0 Å². The van der Waals surface area contributed by atoms with Gasteiger partial charge in [-0.2, -0.15) is 16.8 Å². The highest BCUT2D eigenvalue weighted by Gasteiger charge is 2.12. The molecule has 92 valence electrons. The first-order valence-corrected chi connectivity index (χ1v) is 6.80. The number of aliphatic imine (C=N–C) groups is 1. The minimum Gasteiger partial charge on any atom is -0.369 e. The van der Waals surface area contributed by atoms with Gasteiger partial charge in [0.15, 0.2) is 5.96 Å². The summed E-state index contributed by atoms with van der Waals surface area (Å²) in [6, 6.07) is 1.92. The van der Waals surface area contributed by atoms with Crippen LogP contribution in [0.5, 0.6) is 0 Å². The van der Waals surface area contributed by atoms with E-state index in [-0.39, 0.29) is 0 Å². The number of guanidine groups is 1. The number of nitrogens with zero attached hydrogens (tertiary/aromatic N) is 4. The summed E-state index contributed by atoms with van der Waals surface area (Å²) in [4.78, 5) is 14.9. The molecule has 0 saturated carbocycles. The van der Waals surface area contributed by atoms with Crippen molar-refractivity contribution in [3.05, 3.63) is 17.5 Å². The van der Waals surface area contributed by atoms with Gasteiger partial charge in [-0.15, -0.1) is 0 Å². The van der Waals surface area contributed by atoms with Crippen LogP contribution < -0.4 is 5.73 Å². The summed E-state index contributed by atoms with van der Waals surface area (Å²) in [7, 11) is 0. The molecule has 0 aromatic carbocycles. The average Bonchev–Trinajstić information content (AvgIpc) is 2.28. The Balaban J connectivity index is 2.16. The lowest BCUT2D eigenvalue weighted by Crippen LogP contribution is -2.42. The number of nitrogens with two attached hydrogens (primary N) is 1. The van der Waals surface area contributed by atoms with Crippen molar-refractivity contribution in [2.75, 3.05) is 24.6 Å². The second-order valence-electron chi connectivity index (χ2n) is 4.02. The topological polar surface area (TPSA) is 67.4 Å². The first-order chi connectivity index (χ1) is 8.15. The molecule has 6 heteroatoms. The number of aryl methyl sites for hydroxylation is 2. The van der Waals surface area contributed by atoms with Crippen LogP contribution in [0.2, 0.25) is 0 Å². The molecule has 2 rings (SSSR count). The molecule has 2 heterocycles. The van der Waals surface area contributed by atoms with Crippen molar-refractivity contribution in [2.45, 2.75) is 13.8 Å². The normalized spacial score (nSPS) is 17.3. The van der Waals surface area contributed by atoms with Crippen LogP contribution >= 0.6 is 11.8 Å². The maximum atomic E-state index is 5.97. The second-order valence-corrected chi connectivity index (χ2v) is 5.24. The third-order valence-electron chi connectivity index (χ3n) is 2.52. The summed E-state index contributed by atoms with van der Waals surface area (Å²) in [6.07, 6.45) is 0. The Kier molecular flexibility index (Phi) is 3.83. The fourth-order valence-corrected chi connectivity index (χ4v) is 2.63. The largest absolute Gasteiger partial charge is 0.369 e. The summed E-state index contributed by atoms with van der Waals surface area (Å²) < 4.78 is 0.